The average Bonchev–Trinajstić information content (AvgIpc) is 4.15. The maximum Gasteiger partial charge on any atom is 0.407 e. The summed E-state index contributed by atoms with van der Waals surface area (Å²) in [5, 5.41) is 6.54. The van der Waals surface area contributed by atoms with E-state index in [1.165, 1.54) is 19.8 Å². The van der Waals surface area contributed by atoms with Crippen LogP contribution in [0, 0.1) is 11.8 Å². The van der Waals surface area contributed by atoms with E-state index in [-0.39, 0.29) is 53.2 Å². The highest BCUT2D eigenvalue weighted by atomic mass is 35.5. The number of nitrogens with zero attached hydrogens (tertiary/aromatic N) is 5. The fraction of sp³-hybridized carbons (Fsp3) is 0.520. The van der Waals surface area contributed by atoms with Crippen LogP contribution in [0.1, 0.15) is 139 Å². The molecule has 6 atom stereocenters. The van der Waals surface area contributed by atoms with Crippen LogP contribution in [0.15, 0.2) is 48.5 Å². The minimum atomic E-state index is -0.746. The number of ether oxygens (including phenoxy) is 2. The molecule has 0 aliphatic carbocycles. The van der Waals surface area contributed by atoms with Crippen LogP contribution in [0.25, 0.3) is 22.1 Å². The van der Waals surface area contributed by atoms with Crippen LogP contribution in [0.2, 0.25) is 10.0 Å². The smallest absolute Gasteiger partial charge is 0.407 e. The van der Waals surface area contributed by atoms with Gasteiger partial charge in [-0.15, -0.1) is 0 Å². The van der Waals surface area contributed by atoms with Crippen molar-refractivity contribution in [3.63, 3.8) is 0 Å². The number of nitrogens with one attached hydrogen (secondary N) is 4. The summed E-state index contributed by atoms with van der Waals surface area (Å²) in [6.07, 6.45) is 3.28. The van der Waals surface area contributed by atoms with Crippen molar-refractivity contribution < 1.29 is 28.7 Å². The highest BCUT2D eigenvalue weighted by molar-refractivity contribution is 6.36. The summed E-state index contributed by atoms with van der Waals surface area (Å²) >= 11 is 14.9. The SMILES string of the molecule is COC(=O)N[C@H](C(=O)N1CCC[C@H]1c1nc2c(Cl)c([C@H]3CC[C@H](c4ccc5[nH]c([C@@H]6CCCN6C(=O)[C@@H](NC(=O)OC)C(C)C)nc5c4Cl)N3c3ccc(C(C)(C)C)cc3)ccc2[nH]1)C(C)C. The molecule has 0 radical (unpaired) electrons. The van der Waals surface area contributed by atoms with Gasteiger partial charge in [0.25, 0.3) is 0 Å². The molecular formula is C50H63Cl2N9O6. The molecule has 5 heterocycles. The number of benzene rings is 3. The third-order valence-corrected chi connectivity index (χ3v) is 14.7. The fourth-order valence-electron chi connectivity index (χ4n) is 10.3. The molecule has 3 aliphatic rings. The van der Waals surface area contributed by atoms with Crippen molar-refractivity contribution >= 4 is 75.0 Å². The maximum atomic E-state index is 13.9. The van der Waals surface area contributed by atoms with E-state index in [4.69, 9.17) is 42.6 Å². The van der Waals surface area contributed by atoms with Crippen LogP contribution in [0.4, 0.5) is 15.3 Å². The van der Waals surface area contributed by atoms with Gasteiger partial charge in [0.2, 0.25) is 11.8 Å². The molecule has 0 unspecified atom stereocenters. The zero-order valence-electron chi connectivity index (χ0n) is 39.8. The highest BCUT2D eigenvalue weighted by Gasteiger charge is 2.42. The number of likely N-dealkylation sites (tertiary alicyclic amines) is 2. The lowest BCUT2D eigenvalue weighted by molar-refractivity contribution is -0.136. The molecule has 15 nitrogen and oxygen atoms in total. The zero-order valence-corrected chi connectivity index (χ0v) is 41.3. The van der Waals surface area contributed by atoms with E-state index in [1.807, 2.05) is 39.8 Å². The van der Waals surface area contributed by atoms with Crippen molar-refractivity contribution in [1.29, 1.82) is 0 Å². The van der Waals surface area contributed by atoms with Gasteiger partial charge in [-0.3, -0.25) is 9.59 Å². The summed E-state index contributed by atoms with van der Waals surface area (Å²) in [7, 11) is 2.57. The van der Waals surface area contributed by atoms with Gasteiger partial charge in [-0.1, -0.05) is 95.9 Å². The second-order valence-electron chi connectivity index (χ2n) is 19.9. The van der Waals surface area contributed by atoms with E-state index in [0.29, 0.717) is 58.7 Å². The number of imidazole rings is 2. The van der Waals surface area contributed by atoms with Crippen LogP contribution >= 0.6 is 23.2 Å². The first-order valence-corrected chi connectivity index (χ1v) is 24.2. The first-order valence-electron chi connectivity index (χ1n) is 23.5. The van der Waals surface area contributed by atoms with Gasteiger partial charge in [0.15, 0.2) is 0 Å². The Kier molecular flexibility index (Phi) is 13.8. The number of alkyl carbamates (subject to hydrolysis) is 2. The second-order valence-corrected chi connectivity index (χ2v) is 20.6. The monoisotopic (exact) mass is 955 g/mol. The van der Waals surface area contributed by atoms with E-state index in [1.54, 1.807) is 9.80 Å². The molecule has 17 heteroatoms. The number of aromatic amines is 2. The standard InChI is InChI=1S/C50H63Cl2N9O6/c1-26(2)40(57-48(64)66-8)46(62)59-24-10-12-36(59)44-53-32-20-18-30(38(51)42(32)55-44)34-22-23-35(61(34)29-16-14-28(15-17-29)50(5,6)7)31-19-21-33-43(39(31)52)56-45(54-33)37-13-11-25-60(37)47(63)41(27(3)4)58-49(65)67-9/h14-21,26-27,34-37,40-41H,10-13,22-25H2,1-9H3,(H,53,55)(H,54,56)(H,57,64)(H,58,65)/t34-,35-,36+,37+,40+,41+/m1/s1. The Morgan fingerprint density at radius 3 is 1.43 bits per heavy atom. The highest BCUT2D eigenvalue weighted by Crippen LogP contribution is 2.51. The van der Waals surface area contributed by atoms with Crippen molar-refractivity contribution in [2.45, 2.75) is 129 Å². The zero-order chi connectivity index (χ0) is 48.1. The predicted octanol–water partition coefficient (Wildman–Crippen LogP) is 10.2. The molecule has 0 bridgehead atoms. The Balaban J connectivity index is 1.12. The van der Waals surface area contributed by atoms with Crippen LogP contribution < -0.4 is 15.5 Å². The quantitative estimate of drug-likeness (QED) is 0.100. The summed E-state index contributed by atoms with van der Waals surface area (Å²) in [6, 6.07) is 14.5. The molecule has 5 aromatic rings. The van der Waals surface area contributed by atoms with Gasteiger partial charge in [-0.2, -0.15) is 0 Å². The van der Waals surface area contributed by atoms with E-state index in [2.05, 4.69) is 82.7 Å². The molecule has 4 amide bonds. The van der Waals surface area contributed by atoms with Crippen LogP contribution in [0.5, 0.6) is 0 Å². The summed E-state index contributed by atoms with van der Waals surface area (Å²) < 4.78 is 9.66. The molecule has 8 rings (SSSR count). The first-order chi connectivity index (χ1) is 31.9. The van der Waals surface area contributed by atoms with Gasteiger partial charge in [0, 0.05) is 18.8 Å². The number of fused-ring (bicyclic) bond motifs is 2. The lowest BCUT2D eigenvalue weighted by atomic mass is 9.87. The maximum absolute atomic E-state index is 13.9. The van der Waals surface area contributed by atoms with Gasteiger partial charge in [0.05, 0.1) is 59.5 Å². The molecule has 2 aromatic heterocycles. The van der Waals surface area contributed by atoms with Gasteiger partial charge in [-0.25, -0.2) is 19.6 Å². The minimum Gasteiger partial charge on any atom is -0.453 e. The molecular weight excluding hydrogens is 894 g/mol. The lowest BCUT2D eigenvalue weighted by Gasteiger charge is -2.34. The number of hydrogen-bond acceptors (Lipinski definition) is 9. The lowest BCUT2D eigenvalue weighted by Crippen LogP contribution is -2.51. The Morgan fingerprint density at radius 2 is 1.06 bits per heavy atom. The number of carbonyl (C=O) groups is 4. The Morgan fingerprint density at radius 1 is 0.642 bits per heavy atom. The van der Waals surface area contributed by atoms with Crippen LogP contribution in [0.3, 0.4) is 0 Å². The topological polar surface area (TPSA) is 178 Å². The predicted molar refractivity (Wildman–Crippen MR) is 260 cm³/mol. The van der Waals surface area contributed by atoms with Crippen molar-refractivity contribution in [3.8, 4) is 0 Å². The van der Waals surface area contributed by atoms with Gasteiger partial charge >= 0.3 is 12.2 Å². The Labute approximate surface area is 402 Å². The van der Waals surface area contributed by atoms with Gasteiger partial charge < -0.3 is 44.8 Å². The number of carbonyl (C=O) groups excluding carboxylic acids is 4. The number of halogens is 2. The van der Waals surface area contributed by atoms with Crippen molar-refractivity contribution in [2.24, 2.45) is 11.8 Å². The number of anilines is 1. The van der Waals surface area contributed by atoms with Gasteiger partial charge in [0.1, 0.15) is 34.8 Å². The van der Waals surface area contributed by atoms with Crippen LogP contribution in [-0.4, -0.2) is 93.1 Å². The number of methoxy groups -OCH3 is 2. The third-order valence-electron chi connectivity index (χ3n) is 13.9. The molecule has 3 fully saturated rings. The summed E-state index contributed by atoms with van der Waals surface area (Å²) in [5.41, 5.74) is 6.89. The van der Waals surface area contributed by atoms with Gasteiger partial charge in [-0.05, 0) is 96.7 Å². The molecule has 0 spiro atoms. The normalized spacial score (nSPS) is 20.9. The summed E-state index contributed by atoms with van der Waals surface area (Å²) in [4.78, 5) is 75.5. The number of H-pyrrole nitrogens is 2. The number of amides is 4. The van der Waals surface area contributed by atoms with E-state index in [0.717, 1.165) is 53.5 Å². The number of aromatic nitrogens is 4. The van der Waals surface area contributed by atoms with Crippen molar-refractivity contribution in [3.05, 3.63) is 86.9 Å². The summed E-state index contributed by atoms with van der Waals surface area (Å²) in [6.45, 7) is 15.3. The fourth-order valence-corrected chi connectivity index (χ4v) is 11.0. The minimum absolute atomic E-state index is 0.0412. The summed E-state index contributed by atoms with van der Waals surface area (Å²) in [5.74, 6) is 0.645. The molecule has 4 N–H and O–H groups in total. The van der Waals surface area contributed by atoms with E-state index < -0.39 is 24.3 Å². The number of hydrogen-bond donors (Lipinski definition) is 4. The largest absolute Gasteiger partial charge is 0.453 e. The Bertz CT molecular complexity index is 2510. The van der Waals surface area contributed by atoms with Crippen molar-refractivity contribution in [1.82, 2.24) is 40.4 Å². The third kappa shape index (κ3) is 9.25. The molecule has 67 heavy (non-hydrogen) atoms. The molecule has 358 valence electrons. The van der Waals surface area contributed by atoms with E-state index in [9.17, 15) is 19.2 Å². The second kappa shape index (κ2) is 19.2. The molecule has 0 saturated carbocycles. The molecule has 3 aromatic carbocycles. The number of rotatable bonds is 11. The molecule has 3 aliphatic heterocycles. The first kappa shape index (κ1) is 47.9. The van der Waals surface area contributed by atoms with Crippen molar-refractivity contribution in [2.75, 3.05) is 32.2 Å². The van der Waals surface area contributed by atoms with Crippen LogP contribution in [-0.2, 0) is 24.5 Å². The molecule has 3 saturated heterocycles. The Hall–Kier alpha value is -5.54. The average molecular weight is 957 g/mol. The van der Waals surface area contributed by atoms with E-state index >= 15 is 0 Å².